The maximum atomic E-state index is 12.3. The fourth-order valence-electron chi connectivity index (χ4n) is 2.34. The summed E-state index contributed by atoms with van der Waals surface area (Å²) in [7, 11) is 1.43. The van der Waals surface area contributed by atoms with E-state index < -0.39 is 18.0 Å². The van der Waals surface area contributed by atoms with Crippen LogP contribution in [0.5, 0.6) is 17.2 Å². The molecular formula is C18H16ClNO6. The number of anilines is 1. The summed E-state index contributed by atoms with van der Waals surface area (Å²) >= 11 is 5.91. The van der Waals surface area contributed by atoms with Crippen LogP contribution >= 0.6 is 11.6 Å². The number of nitrogens with one attached hydrogen (secondary N) is 1. The monoisotopic (exact) mass is 377 g/mol. The van der Waals surface area contributed by atoms with Gasteiger partial charge in [0.05, 0.1) is 7.11 Å². The molecular weight excluding hydrogens is 362 g/mol. The summed E-state index contributed by atoms with van der Waals surface area (Å²) in [6, 6.07) is 9.55. The Labute approximate surface area is 154 Å². The van der Waals surface area contributed by atoms with Gasteiger partial charge in [-0.3, -0.25) is 4.79 Å². The van der Waals surface area contributed by atoms with Crippen LogP contribution in [0, 0.1) is 0 Å². The number of fused-ring (bicyclic) bond motifs is 1. The average Bonchev–Trinajstić information content (AvgIpc) is 3.09. The first-order valence-corrected chi connectivity index (χ1v) is 8.11. The Morgan fingerprint density at radius 3 is 2.69 bits per heavy atom. The van der Waals surface area contributed by atoms with E-state index in [1.807, 2.05) is 0 Å². The van der Waals surface area contributed by atoms with Gasteiger partial charge in [-0.25, -0.2) is 4.79 Å². The molecule has 0 radical (unpaired) electrons. The number of benzene rings is 2. The summed E-state index contributed by atoms with van der Waals surface area (Å²) in [4.78, 5) is 24.6. The lowest BCUT2D eigenvalue weighted by Crippen LogP contribution is -2.30. The molecule has 0 saturated heterocycles. The van der Waals surface area contributed by atoms with E-state index in [9.17, 15) is 9.59 Å². The fourth-order valence-corrected chi connectivity index (χ4v) is 2.51. The predicted octanol–water partition coefficient (Wildman–Crippen LogP) is 3.26. The van der Waals surface area contributed by atoms with Crippen LogP contribution in [-0.4, -0.2) is 31.9 Å². The SMILES string of the molecule is COc1ccc(Cl)cc1C(=O)O[C@@H](C)C(=O)Nc1ccc2c(c1)OCO2. The van der Waals surface area contributed by atoms with E-state index in [1.54, 1.807) is 30.3 Å². The molecule has 1 aliphatic heterocycles. The summed E-state index contributed by atoms with van der Waals surface area (Å²) in [5.41, 5.74) is 0.644. The standard InChI is InChI=1S/C18H16ClNO6/c1-10(26-18(22)13-7-11(19)3-5-14(13)23-2)17(21)20-12-4-6-15-16(8-12)25-9-24-15/h3-8,10H,9H2,1-2H3,(H,20,21)/t10-/m0/s1. The summed E-state index contributed by atoms with van der Waals surface area (Å²) in [6.07, 6.45) is -1.03. The number of rotatable bonds is 5. The van der Waals surface area contributed by atoms with E-state index in [2.05, 4.69) is 5.32 Å². The lowest BCUT2D eigenvalue weighted by molar-refractivity contribution is -0.123. The van der Waals surface area contributed by atoms with Gasteiger partial charge in [-0.2, -0.15) is 0 Å². The fraction of sp³-hybridized carbons (Fsp3) is 0.222. The molecule has 0 unspecified atom stereocenters. The van der Waals surface area contributed by atoms with Crippen LogP contribution in [0.15, 0.2) is 36.4 Å². The molecule has 3 rings (SSSR count). The van der Waals surface area contributed by atoms with Crippen molar-refractivity contribution in [2.24, 2.45) is 0 Å². The molecule has 0 fully saturated rings. The predicted molar refractivity (Wildman–Crippen MR) is 94.1 cm³/mol. The minimum absolute atomic E-state index is 0.141. The van der Waals surface area contributed by atoms with Crippen LogP contribution in [0.25, 0.3) is 0 Å². The molecule has 2 aromatic carbocycles. The molecule has 1 aliphatic rings. The maximum absolute atomic E-state index is 12.3. The number of ether oxygens (including phenoxy) is 4. The van der Waals surface area contributed by atoms with Gasteiger partial charge in [0.1, 0.15) is 11.3 Å². The Morgan fingerprint density at radius 1 is 1.15 bits per heavy atom. The second-order valence-electron chi connectivity index (χ2n) is 5.45. The molecule has 136 valence electrons. The van der Waals surface area contributed by atoms with Crippen molar-refractivity contribution in [3.8, 4) is 17.2 Å². The number of carbonyl (C=O) groups excluding carboxylic acids is 2. The van der Waals surface area contributed by atoms with Crippen LogP contribution in [0.1, 0.15) is 17.3 Å². The zero-order valence-corrected chi connectivity index (χ0v) is 14.8. The highest BCUT2D eigenvalue weighted by Crippen LogP contribution is 2.34. The lowest BCUT2D eigenvalue weighted by Gasteiger charge is -2.15. The molecule has 1 heterocycles. The lowest BCUT2D eigenvalue weighted by atomic mass is 10.2. The Morgan fingerprint density at radius 2 is 1.92 bits per heavy atom. The summed E-state index contributed by atoms with van der Waals surface area (Å²) in [5, 5.41) is 3.02. The molecule has 26 heavy (non-hydrogen) atoms. The summed E-state index contributed by atoms with van der Waals surface area (Å²) in [6.45, 7) is 1.61. The first-order chi connectivity index (χ1) is 12.5. The van der Waals surface area contributed by atoms with Crippen molar-refractivity contribution in [3.05, 3.63) is 47.0 Å². The molecule has 1 N–H and O–H groups in total. The highest BCUT2D eigenvalue weighted by molar-refractivity contribution is 6.31. The minimum Gasteiger partial charge on any atom is -0.496 e. The van der Waals surface area contributed by atoms with E-state index in [1.165, 1.54) is 20.1 Å². The Kier molecular flexibility index (Phi) is 5.18. The van der Waals surface area contributed by atoms with Gasteiger partial charge < -0.3 is 24.3 Å². The molecule has 2 aromatic rings. The number of carbonyl (C=O) groups is 2. The smallest absolute Gasteiger partial charge is 0.342 e. The largest absolute Gasteiger partial charge is 0.496 e. The van der Waals surface area contributed by atoms with Crippen molar-refractivity contribution >= 4 is 29.2 Å². The van der Waals surface area contributed by atoms with Gasteiger partial charge in [0.25, 0.3) is 5.91 Å². The Hall–Kier alpha value is -2.93. The highest BCUT2D eigenvalue weighted by atomic mass is 35.5. The van der Waals surface area contributed by atoms with Gasteiger partial charge in [0, 0.05) is 16.8 Å². The molecule has 7 nitrogen and oxygen atoms in total. The van der Waals surface area contributed by atoms with Gasteiger partial charge >= 0.3 is 5.97 Å². The zero-order chi connectivity index (χ0) is 18.7. The number of methoxy groups -OCH3 is 1. The third-order valence-corrected chi connectivity index (χ3v) is 3.91. The minimum atomic E-state index is -1.03. The average molecular weight is 378 g/mol. The topological polar surface area (TPSA) is 83.1 Å². The molecule has 1 amide bonds. The molecule has 1 atom stereocenters. The Bertz CT molecular complexity index is 854. The van der Waals surface area contributed by atoms with Gasteiger partial charge in [0.2, 0.25) is 6.79 Å². The Balaban J connectivity index is 1.66. The number of hydrogen-bond acceptors (Lipinski definition) is 6. The second kappa shape index (κ2) is 7.53. The zero-order valence-electron chi connectivity index (χ0n) is 14.1. The van der Waals surface area contributed by atoms with E-state index in [0.29, 0.717) is 28.0 Å². The second-order valence-corrected chi connectivity index (χ2v) is 5.89. The molecule has 0 saturated carbocycles. The van der Waals surface area contributed by atoms with Gasteiger partial charge in [-0.1, -0.05) is 11.6 Å². The van der Waals surface area contributed by atoms with Crippen LogP contribution in [0.3, 0.4) is 0 Å². The van der Waals surface area contributed by atoms with Crippen molar-refractivity contribution in [2.75, 3.05) is 19.2 Å². The first kappa shape index (κ1) is 17.9. The molecule has 0 aromatic heterocycles. The maximum Gasteiger partial charge on any atom is 0.342 e. The van der Waals surface area contributed by atoms with Crippen molar-refractivity contribution in [1.29, 1.82) is 0 Å². The van der Waals surface area contributed by atoms with Crippen LogP contribution in [0.2, 0.25) is 5.02 Å². The summed E-state index contributed by atoms with van der Waals surface area (Å²) in [5.74, 6) is 0.255. The molecule has 0 aliphatic carbocycles. The number of halogens is 1. The molecule has 8 heteroatoms. The van der Waals surface area contributed by atoms with Crippen molar-refractivity contribution < 1.29 is 28.5 Å². The van der Waals surface area contributed by atoms with Crippen molar-refractivity contribution in [1.82, 2.24) is 0 Å². The van der Waals surface area contributed by atoms with Crippen LogP contribution < -0.4 is 19.5 Å². The van der Waals surface area contributed by atoms with Gasteiger partial charge in [0.15, 0.2) is 17.6 Å². The first-order valence-electron chi connectivity index (χ1n) is 7.73. The third kappa shape index (κ3) is 3.83. The van der Waals surface area contributed by atoms with Gasteiger partial charge in [-0.05, 0) is 37.3 Å². The highest BCUT2D eigenvalue weighted by Gasteiger charge is 2.22. The third-order valence-electron chi connectivity index (χ3n) is 3.67. The van der Waals surface area contributed by atoms with Gasteiger partial charge in [-0.15, -0.1) is 0 Å². The van der Waals surface area contributed by atoms with Crippen molar-refractivity contribution in [2.45, 2.75) is 13.0 Å². The van der Waals surface area contributed by atoms with E-state index >= 15 is 0 Å². The van der Waals surface area contributed by atoms with Crippen LogP contribution in [0.4, 0.5) is 5.69 Å². The normalized spacial score (nSPS) is 13.0. The van der Waals surface area contributed by atoms with E-state index in [4.69, 9.17) is 30.5 Å². The van der Waals surface area contributed by atoms with E-state index in [-0.39, 0.29) is 12.4 Å². The van der Waals surface area contributed by atoms with Crippen molar-refractivity contribution in [3.63, 3.8) is 0 Å². The summed E-state index contributed by atoms with van der Waals surface area (Å²) < 4.78 is 20.8. The number of amides is 1. The van der Waals surface area contributed by atoms with Crippen LogP contribution in [-0.2, 0) is 9.53 Å². The number of esters is 1. The van der Waals surface area contributed by atoms with E-state index in [0.717, 1.165) is 0 Å². The molecule has 0 spiro atoms. The molecule has 0 bridgehead atoms. The quantitative estimate of drug-likeness (QED) is 0.805. The number of hydrogen-bond donors (Lipinski definition) is 1.